The van der Waals surface area contributed by atoms with E-state index in [0.29, 0.717) is 6.54 Å². The van der Waals surface area contributed by atoms with Crippen LogP contribution in [0.1, 0.15) is 11.1 Å². The molecule has 0 aliphatic carbocycles. The van der Waals surface area contributed by atoms with Crippen molar-refractivity contribution >= 4 is 6.21 Å². The Balaban J connectivity index is 2.33. The average Bonchev–Trinajstić information content (AvgIpc) is 2.48. The fourth-order valence-corrected chi connectivity index (χ4v) is 1.78. The van der Waals surface area contributed by atoms with Gasteiger partial charge in [-0.1, -0.05) is 24.3 Å². The summed E-state index contributed by atoms with van der Waals surface area (Å²) in [6, 6.07) is 8.15. The van der Waals surface area contributed by atoms with Crippen molar-refractivity contribution < 1.29 is 0 Å². The minimum atomic E-state index is 0.658. The highest BCUT2D eigenvalue weighted by Crippen LogP contribution is 2.26. The van der Waals surface area contributed by atoms with Gasteiger partial charge in [-0.3, -0.25) is 4.99 Å². The lowest BCUT2D eigenvalue weighted by atomic mass is 10.0. The second-order valence-corrected chi connectivity index (χ2v) is 3.45. The number of aliphatic imine (C=N–C) groups is 1. The average molecular weight is 195 g/mol. The number of nitrogens with zero attached hydrogens (tertiary/aromatic N) is 3. The Kier molecular flexibility index (Phi) is 1.81. The number of hydrogen-bond acceptors (Lipinski definition) is 3. The Bertz CT molecular complexity index is 532. The first-order chi connectivity index (χ1) is 7.45. The van der Waals surface area contributed by atoms with E-state index in [4.69, 9.17) is 0 Å². The van der Waals surface area contributed by atoms with Crippen LogP contribution >= 0.6 is 0 Å². The maximum Gasteiger partial charge on any atom is 0.116 e. The molecule has 2 heterocycles. The van der Waals surface area contributed by atoms with Crippen LogP contribution in [0.25, 0.3) is 11.3 Å². The van der Waals surface area contributed by atoms with Crippen molar-refractivity contribution in [3.63, 3.8) is 0 Å². The van der Waals surface area contributed by atoms with Crippen LogP contribution in [0.3, 0.4) is 0 Å². The fourth-order valence-electron chi connectivity index (χ4n) is 1.78. The molecule has 0 radical (unpaired) electrons. The van der Waals surface area contributed by atoms with Gasteiger partial charge in [0.05, 0.1) is 12.2 Å². The monoisotopic (exact) mass is 195 g/mol. The van der Waals surface area contributed by atoms with E-state index in [0.717, 1.165) is 22.4 Å². The third-order valence-corrected chi connectivity index (χ3v) is 2.50. The summed E-state index contributed by atoms with van der Waals surface area (Å²) in [4.78, 5) is 12.7. The van der Waals surface area contributed by atoms with Crippen molar-refractivity contribution in [2.24, 2.45) is 4.99 Å². The number of aromatic nitrogens is 2. The molecule has 3 heteroatoms. The summed E-state index contributed by atoms with van der Waals surface area (Å²) < 4.78 is 0. The second kappa shape index (κ2) is 3.28. The molecule has 1 aliphatic heterocycles. The highest BCUT2D eigenvalue weighted by atomic mass is 14.8. The van der Waals surface area contributed by atoms with E-state index in [1.54, 1.807) is 6.33 Å². The molecule has 1 aliphatic rings. The van der Waals surface area contributed by atoms with Gasteiger partial charge in [-0.2, -0.15) is 0 Å². The van der Waals surface area contributed by atoms with E-state index in [-0.39, 0.29) is 0 Å². The summed E-state index contributed by atoms with van der Waals surface area (Å²) in [5.74, 6) is 0. The molecule has 0 amide bonds. The molecule has 0 saturated carbocycles. The molecule has 2 aromatic rings. The predicted molar refractivity (Wildman–Crippen MR) is 58.8 cm³/mol. The lowest BCUT2D eigenvalue weighted by Gasteiger charge is -2.05. The van der Waals surface area contributed by atoms with Crippen molar-refractivity contribution in [1.82, 2.24) is 9.97 Å². The molecule has 3 nitrogen and oxygen atoms in total. The Morgan fingerprint density at radius 1 is 1.13 bits per heavy atom. The molecule has 15 heavy (non-hydrogen) atoms. The van der Waals surface area contributed by atoms with Crippen LogP contribution in [0.5, 0.6) is 0 Å². The molecule has 0 N–H and O–H groups in total. The Morgan fingerprint density at radius 2 is 2.07 bits per heavy atom. The molecule has 0 spiro atoms. The topological polar surface area (TPSA) is 38.1 Å². The molecular formula is C12H9N3. The van der Waals surface area contributed by atoms with Crippen LogP contribution < -0.4 is 0 Å². The molecule has 0 saturated heterocycles. The van der Waals surface area contributed by atoms with Crippen LogP contribution in [0.4, 0.5) is 0 Å². The standard InChI is InChI=1S/C12H9N3/c1-2-4-11-9(3-1)5-13-6-10-7-14-8-15-12(10)11/h1-5,7-8H,6H2. The van der Waals surface area contributed by atoms with Crippen LogP contribution in [0.15, 0.2) is 41.8 Å². The van der Waals surface area contributed by atoms with E-state index in [9.17, 15) is 0 Å². The highest BCUT2D eigenvalue weighted by Gasteiger charge is 2.11. The summed E-state index contributed by atoms with van der Waals surface area (Å²) in [5.41, 5.74) is 4.34. The van der Waals surface area contributed by atoms with Crippen LogP contribution in [-0.2, 0) is 6.54 Å². The van der Waals surface area contributed by atoms with E-state index in [1.807, 2.05) is 24.5 Å². The van der Waals surface area contributed by atoms with Crippen molar-refractivity contribution in [1.29, 1.82) is 0 Å². The molecule has 0 fully saturated rings. The summed E-state index contributed by atoms with van der Waals surface area (Å²) in [6.45, 7) is 0.658. The molecule has 0 atom stereocenters. The van der Waals surface area contributed by atoms with E-state index < -0.39 is 0 Å². The van der Waals surface area contributed by atoms with Gasteiger partial charge in [0, 0.05) is 29.1 Å². The van der Waals surface area contributed by atoms with Gasteiger partial charge in [0.25, 0.3) is 0 Å². The van der Waals surface area contributed by atoms with Crippen LogP contribution in [0, 0.1) is 0 Å². The fraction of sp³-hybridized carbons (Fsp3) is 0.0833. The smallest absolute Gasteiger partial charge is 0.116 e. The third-order valence-electron chi connectivity index (χ3n) is 2.50. The van der Waals surface area contributed by atoms with Gasteiger partial charge >= 0.3 is 0 Å². The molecule has 1 aromatic heterocycles. The lowest BCUT2D eigenvalue weighted by molar-refractivity contribution is 1.02. The van der Waals surface area contributed by atoms with Gasteiger partial charge in [-0.25, -0.2) is 9.97 Å². The molecule has 72 valence electrons. The minimum Gasteiger partial charge on any atom is -0.288 e. The normalized spacial score (nSPS) is 12.8. The summed E-state index contributed by atoms with van der Waals surface area (Å²) in [7, 11) is 0. The van der Waals surface area contributed by atoms with Gasteiger partial charge in [-0.05, 0) is 0 Å². The Hall–Kier alpha value is -2.03. The SMILES string of the molecule is C1=NCc2cncnc2-c2ccccc21. The largest absolute Gasteiger partial charge is 0.288 e. The van der Waals surface area contributed by atoms with E-state index in [2.05, 4.69) is 27.1 Å². The first-order valence-corrected chi connectivity index (χ1v) is 4.83. The summed E-state index contributed by atoms with van der Waals surface area (Å²) in [6.07, 6.45) is 5.32. The van der Waals surface area contributed by atoms with Crippen LogP contribution in [0.2, 0.25) is 0 Å². The van der Waals surface area contributed by atoms with Gasteiger partial charge < -0.3 is 0 Å². The van der Waals surface area contributed by atoms with E-state index in [1.165, 1.54) is 0 Å². The predicted octanol–water partition coefficient (Wildman–Crippen LogP) is 2.08. The molecule has 3 rings (SSSR count). The van der Waals surface area contributed by atoms with E-state index >= 15 is 0 Å². The lowest BCUT2D eigenvalue weighted by Crippen LogP contribution is -1.93. The zero-order valence-electron chi connectivity index (χ0n) is 8.09. The molecule has 1 aromatic carbocycles. The number of fused-ring (bicyclic) bond motifs is 3. The molecule has 0 bridgehead atoms. The van der Waals surface area contributed by atoms with Crippen molar-refractivity contribution in [3.05, 3.63) is 47.9 Å². The van der Waals surface area contributed by atoms with Crippen LogP contribution in [-0.4, -0.2) is 16.2 Å². The van der Waals surface area contributed by atoms with Gasteiger partial charge in [0.2, 0.25) is 0 Å². The van der Waals surface area contributed by atoms with Crippen molar-refractivity contribution in [2.45, 2.75) is 6.54 Å². The maximum atomic E-state index is 4.35. The number of hydrogen-bond donors (Lipinski definition) is 0. The maximum absolute atomic E-state index is 4.35. The van der Waals surface area contributed by atoms with Gasteiger partial charge in [-0.15, -0.1) is 0 Å². The van der Waals surface area contributed by atoms with Gasteiger partial charge in [0.1, 0.15) is 6.33 Å². The number of rotatable bonds is 0. The molecular weight excluding hydrogens is 186 g/mol. The Morgan fingerprint density at radius 3 is 3.07 bits per heavy atom. The van der Waals surface area contributed by atoms with Gasteiger partial charge in [0.15, 0.2) is 0 Å². The second-order valence-electron chi connectivity index (χ2n) is 3.45. The summed E-state index contributed by atoms with van der Waals surface area (Å²) >= 11 is 0. The van der Waals surface area contributed by atoms with Crippen molar-refractivity contribution in [3.8, 4) is 11.3 Å². The highest BCUT2D eigenvalue weighted by molar-refractivity contribution is 5.91. The van der Waals surface area contributed by atoms with Crippen molar-refractivity contribution in [2.75, 3.05) is 0 Å². The zero-order chi connectivity index (χ0) is 10.1. The number of benzene rings is 1. The Labute approximate surface area is 87.5 Å². The summed E-state index contributed by atoms with van der Waals surface area (Å²) in [5, 5.41) is 0. The first-order valence-electron chi connectivity index (χ1n) is 4.83. The zero-order valence-corrected chi connectivity index (χ0v) is 8.09. The molecule has 0 unspecified atom stereocenters. The minimum absolute atomic E-state index is 0.658. The quantitative estimate of drug-likeness (QED) is 0.645. The third kappa shape index (κ3) is 1.32. The first kappa shape index (κ1) is 8.29.